The Morgan fingerprint density at radius 3 is 2.58 bits per heavy atom. The van der Waals surface area contributed by atoms with E-state index in [2.05, 4.69) is 20.6 Å². The Kier molecular flexibility index (Phi) is 5.11. The molecule has 0 radical (unpaired) electrons. The zero-order chi connectivity index (χ0) is 18.5. The molecule has 0 fully saturated rings. The highest BCUT2D eigenvalue weighted by molar-refractivity contribution is 6.31. The van der Waals surface area contributed by atoms with Crippen molar-refractivity contribution in [2.75, 3.05) is 10.6 Å². The summed E-state index contributed by atoms with van der Waals surface area (Å²) in [6, 6.07) is 14.2. The molecule has 7 heteroatoms. The molecule has 0 unspecified atom stereocenters. The number of nitrogens with zero attached hydrogens (tertiary/aromatic N) is 3. The van der Waals surface area contributed by atoms with Gasteiger partial charge in [0.2, 0.25) is 5.95 Å². The van der Waals surface area contributed by atoms with E-state index in [4.69, 9.17) is 16.9 Å². The SMILES string of the molecule is Cc1ccc(Nc2ncc(C(=O)Nc3cccc(C#N)c3)cn2)cc1Cl. The molecule has 26 heavy (non-hydrogen) atoms. The molecule has 2 aromatic carbocycles. The Morgan fingerprint density at radius 2 is 1.88 bits per heavy atom. The van der Waals surface area contributed by atoms with E-state index in [1.54, 1.807) is 30.3 Å². The molecule has 3 aromatic rings. The van der Waals surface area contributed by atoms with E-state index in [1.165, 1.54) is 12.4 Å². The first-order valence-corrected chi connectivity index (χ1v) is 8.10. The number of rotatable bonds is 4. The topological polar surface area (TPSA) is 90.7 Å². The van der Waals surface area contributed by atoms with Crippen LogP contribution in [-0.4, -0.2) is 15.9 Å². The number of halogens is 1. The number of hydrogen-bond acceptors (Lipinski definition) is 5. The first-order valence-electron chi connectivity index (χ1n) is 7.72. The molecule has 0 aliphatic carbocycles. The highest BCUT2D eigenvalue weighted by atomic mass is 35.5. The van der Waals surface area contributed by atoms with Gasteiger partial charge < -0.3 is 10.6 Å². The molecule has 2 N–H and O–H groups in total. The van der Waals surface area contributed by atoms with Gasteiger partial charge in [-0.05, 0) is 42.8 Å². The third-order valence-corrected chi connectivity index (χ3v) is 4.00. The van der Waals surface area contributed by atoms with E-state index in [0.29, 0.717) is 27.8 Å². The van der Waals surface area contributed by atoms with Crippen LogP contribution in [0.25, 0.3) is 0 Å². The molecule has 0 bridgehead atoms. The molecule has 0 aliphatic rings. The Bertz CT molecular complexity index is 996. The Labute approximate surface area is 155 Å². The van der Waals surface area contributed by atoms with Crippen LogP contribution in [0.5, 0.6) is 0 Å². The van der Waals surface area contributed by atoms with Crippen molar-refractivity contribution < 1.29 is 4.79 Å². The Morgan fingerprint density at radius 1 is 1.12 bits per heavy atom. The van der Waals surface area contributed by atoms with Crippen molar-refractivity contribution in [3.8, 4) is 6.07 Å². The minimum absolute atomic E-state index is 0.305. The predicted octanol–water partition coefficient (Wildman–Crippen LogP) is 4.31. The van der Waals surface area contributed by atoms with Crippen molar-refractivity contribution in [1.82, 2.24) is 9.97 Å². The quantitative estimate of drug-likeness (QED) is 0.720. The van der Waals surface area contributed by atoms with Crippen LogP contribution in [-0.2, 0) is 0 Å². The van der Waals surface area contributed by atoms with Crippen molar-refractivity contribution >= 4 is 34.8 Å². The van der Waals surface area contributed by atoms with Gasteiger partial charge >= 0.3 is 0 Å². The largest absolute Gasteiger partial charge is 0.324 e. The summed E-state index contributed by atoms with van der Waals surface area (Å²) in [5.41, 5.74) is 3.04. The molecule has 3 rings (SSSR count). The highest BCUT2D eigenvalue weighted by Gasteiger charge is 2.08. The number of anilines is 3. The van der Waals surface area contributed by atoms with Gasteiger partial charge in [0.15, 0.2) is 0 Å². The van der Waals surface area contributed by atoms with Gasteiger partial charge in [-0.25, -0.2) is 9.97 Å². The normalized spacial score (nSPS) is 10.0. The number of nitriles is 1. The zero-order valence-corrected chi connectivity index (χ0v) is 14.6. The van der Waals surface area contributed by atoms with Crippen LogP contribution >= 0.6 is 11.6 Å². The summed E-state index contributed by atoms with van der Waals surface area (Å²) >= 11 is 6.09. The third-order valence-electron chi connectivity index (χ3n) is 3.59. The van der Waals surface area contributed by atoms with Gasteiger partial charge in [0.1, 0.15) is 0 Å². The van der Waals surface area contributed by atoms with Crippen LogP contribution in [0.1, 0.15) is 21.5 Å². The van der Waals surface area contributed by atoms with Gasteiger partial charge in [-0.1, -0.05) is 23.7 Å². The van der Waals surface area contributed by atoms with Gasteiger partial charge in [-0.3, -0.25) is 4.79 Å². The van der Waals surface area contributed by atoms with E-state index in [0.717, 1.165) is 11.3 Å². The van der Waals surface area contributed by atoms with Crippen LogP contribution in [0.3, 0.4) is 0 Å². The summed E-state index contributed by atoms with van der Waals surface area (Å²) in [7, 11) is 0. The maximum atomic E-state index is 12.3. The lowest BCUT2D eigenvalue weighted by Crippen LogP contribution is -2.13. The lowest BCUT2D eigenvalue weighted by atomic mass is 10.2. The molecule has 0 atom stereocenters. The molecule has 0 aliphatic heterocycles. The number of nitrogens with one attached hydrogen (secondary N) is 2. The van der Waals surface area contributed by atoms with Crippen LogP contribution in [0, 0.1) is 18.3 Å². The lowest BCUT2D eigenvalue weighted by molar-refractivity contribution is 0.102. The first kappa shape index (κ1) is 17.4. The number of aromatic nitrogens is 2. The molecular weight excluding hydrogens is 350 g/mol. The third kappa shape index (κ3) is 4.15. The van der Waals surface area contributed by atoms with Crippen molar-refractivity contribution in [2.24, 2.45) is 0 Å². The number of carbonyl (C=O) groups excluding carboxylic acids is 1. The molecular formula is C19H14ClN5O. The second-order valence-electron chi connectivity index (χ2n) is 5.53. The molecule has 128 valence electrons. The van der Waals surface area contributed by atoms with E-state index in [9.17, 15) is 4.79 Å². The maximum absolute atomic E-state index is 12.3. The lowest BCUT2D eigenvalue weighted by Gasteiger charge is -2.08. The van der Waals surface area contributed by atoms with Crippen molar-refractivity contribution in [1.29, 1.82) is 5.26 Å². The molecule has 1 heterocycles. The number of aryl methyl sites for hydroxylation is 1. The van der Waals surface area contributed by atoms with Crippen molar-refractivity contribution in [3.63, 3.8) is 0 Å². The fraction of sp³-hybridized carbons (Fsp3) is 0.0526. The molecule has 6 nitrogen and oxygen atoms in total. The van der Waals surface area contributed by atoms with Crippen molar-refractivity contribution in [3.05, 3.63) is 76.6 Å². The standard InChI is InChI=1S/C19H14ClN5O/c1-12-5-6-16(8-17(12)20)25-19-22-10-14(11-23-19)18(26)24-15-4-2-3-13(7-15)9-21/h2-8,10-11H,1H3,(H,24,26)(H,22,23,25). The molecule has 1 amide bonds. The van der Waals surface area contributed by atoms with E-state index in [-0.39, 0.29) is 5.91 Å². The Hall–Kier alpha value is -3.43. The van der Waals surface area contributed by atoms with E-state index >= 15 is 0 Å². The molecule has 1 aromatic heterocycles. The van der Waals surface area contributed by atoms with Crippen LogP contribution in [0.15, 0.2) is 54.9 Å². The van der Waals surface area contributed by atoms with Gasteiger partial charge in [0, 0.05) is 28.8 Å². The molecule has 0 saturated heterocycles. The first-order chi connectivity index (χ1) is 12.5. The van der Waals surface area contributed by atoms with Crippen molar-refractivity contribution in [2.45, 2.75) is 6.92 Å². The second-order valence-corrected chi connectivity index (χ2v) is 5.94. The molecule has 0 saturated carbocycles. The minimum atomic E-state index is -0.356. The van der Waals surface area contributed by atoms with Crippen LogP contribution in [0.2, 0.25) is 5.02 Å². The molecule has 0 spiro atoms. The monoisotopic (exact) mass is 363 g/mol. The fourth-order valence-corrected chi connectivity index (χ4v) is 2.36. The van der Waals surface area contributed by atoms with Crippen LogP contribution in [0.4, 0.5) is 17.3 Å². The second kappa shape index (κ2) is 7.64. The van der Waals surface area contributed by atoms with Gasteiger partial charge in [-0.15, -0.1) is 0 Å². The number of benzene rings is 2. The average molecular weight is 364 g/mol. The summed E-state index contributed by atoms with van der Waals surface area (Å²) in [6.45, 7) is 1.92. The highest BCUT2D eigenvalue weighted by Crippen LogP contribution is 2.21. The van der Waals surface area contributed by atoms with E-state index in [1.807, 2.05) is 25.1 Å². The summed E-state index contributed by atoms with van der Waals surface area (Å²) in [6.07, 6.45) is 2.85. The average Bonchev–Trinajstić information content (AvgIpc) is 2.65. The van der Waals surface area contributed by atoms with Gasteiger partial charge in [0.05, 0.1) is 17.2 Å². The zero-order valence-electron chi connectivity index (χ0n) is 13.8. The summed E-state index contributed by atoms with van der Waals surface area (Å²) in [5.74, 6) is -0.00188. The number of hydrogen-bond donors (Lipinski definition) is 2. The number of carbonyl (C=O) groups is 1. The van der Waals surface area contributed by atoms with Gasteiger partial charge in [-0.2, -0.15) is 5.26 Å². The Balaban J connectivity index is 1.69. The fourth-order valence-electron chi connectivity index (χ4n) is 2.18. The summed E-state index contributed by atoms with van der Waals surface area (Å²) in [4.78, 5) is 20.5. The minimum Gasteiger partial charge on any atom is -0.324 e. The predicted molar refractivity (Wildman–Crippen MR) is 101 cm³/mol. The summed E-state index contributed by atoms with van der Waals surface area (Å²) in [5, 5.41) is 15.3. The summed E-state index contributed by atoms with van der Waals surface area (Å²) < 4.78 is 0. The smallest absolute Gasteiger partial charge is 0.258 e. The maximum Gasteiger partial charge on any atom is 0.258 e. The van der Waals surface area contributed by atoms with Crippen LogP contribution < -0.4 is 10.6 Å². The number of amides is 1. The van der Waals surface area contributed by atoms with E-state index < -0.39 is 0 Å². The van der Waals surface area contributed by atoms with Gasteiger partial charge in [0.25, 0.3) is 5.91 Å².